The van der Waals surface area contributed by atoms with Gasteiger partial charge in [0.15, 0.2) is 0 Å². The van der Waals surface area contributed by atoms with Crippen molar-refractivity contribution in [1.82, 2.24) is 0 Å². The summed E-state index contributed by atoms with van der Waals surface area (Å²) in [5.74, 6) is 1.11. The smallest absolute Gasteiger partial charge is 0.114 e. The highest BCUT2D eigenvalue weighted by Gasteiger charge is 1.93. The minimum atomic E-state index is 0.391. The number of amidine groups is 1. The number of nitrogens with zero attached hydrogens (tertiary/aromatic N) is 2. The van der Waals surface area contributed by atoms with Gasteiger partial charge >= 0.3 is 0 Å². The van der Waals surface area contributed by atoms with Crippen LogP contribution in [0.15, 0.2) is 17.6 Å². The minimum Gasteiger partial charge on any atom is -0.460 e. The zero-order valence-electron chi connectivity index (χ0n) is 4.72. The lowest BCUT2D eigenvalue weighted by molar-refractivity contribution is 0.254. The highest BCUT2D eigenvalue weighted by atomic mass is 16.7. The Morgan fingerprint density at radius 1 is 1.88 bits per heavy atom. The standard InChI is InChI=1S/C5H7N2O/c1-3-5-6-4(2)8-7-5/h2-3H2,1H3/q-1. The Balaban J connectivity index is 2.49. The predicted octanol–water partition coefficient (Wildman–Crippen LogP) is 1.58. The van der Waals surface area contributed by atoms with E-state index >= 15 is 0 Å². The molecule has 1 aliphatic heterocycles. The summed E-state index contributed by atoms with van der Waals surface area (Å²) in [5, 5.41) is 7.43. The fraction of sp³-hybridized carbons (Fsp3) is 0.400. The van der Waals surface area contributed by atoms with Crippen molar-refractivity contribution in [2.45, 2.75) is 13.3 Å². The van der Waals surface area contributed by atoms with E-state index in [-0.39, 0.29) is 0 Å². The molecular formula is C5H7N2O-. The molecule has 0 N–H and O–H groups in total. The predicted molar refractivity (Wildman–Crippen MR) is 31.3 cm³/mol. The van der Waals surface area contributed by atoms with E-state index in [9.17, 15) is 0 Å². The summed E-state index contributed by atoms with van der Waals surface area (Å²) in [7, 11) is 0. The molecule has 0 aromatic carbocycles. The topological polar surface area (TPSA) is 35.7 Å². The van der Waals surface area contributed by atoms with Crippen molar-refractivity contribution >= 4 is 5.84 Å². The summed E-state index contributed by atoms with van der Waals surface area (Å²) in [6.45, 7) is 5.41. The lowest BCUT2D eigenvalue weighted by Gasteiger charge is -2.01. The van der Waals surface area contributed by atoms with Gasteiger partial charge in [0.1, 0.15) is 5.88 Å². The van der Waals surface area contributed by atoms with Gasteiger partial charge in [0, 0.05) is 0 Å². The largest absolute Gasteiger partial charge is 0.460 e. The van der Waals surface area contributed by atoms with Crippen molar-refractivity contribution < 1.29 is 4.84 Å². The fourth-order valence-corrected chi connectivity index (χ4v) is 0.434. The molecule has 44 valence electrons. The lowest BCUT2D eigenvalue weighted by Crippen LogP contribution is -1.84. The van der Waals surface area contributed by atoms with Crippen LogP contribution in [0.4, 0.5) is 0 Å². The van der Waals surface area contributed by atoms with Gasteiger partial charge in [-0.3, -0.25) is 5.16 Å². The first-order valence-corrected chi connectivity index (χ1v) is 2.47. The van der Waals surface area contributed by atoms with Crippen molar-refractivity contribution in [2.24, 2.45) is 5.16 Å². The maximum absolute atomic E-state index is 4.58. The molecular weight excluding hydrogens is 104 g/mol. The number of hydrogen-bond donors (Lipinski definition) is 0. The summed E-state index contributed by atoms with van der Waals surface area (Å²) in [5.41, 5.74) is 0. The Hall–Kier alpha value is -0.990. The molecule has 0 bridgehead atoms. The van der Waals surface area contributed by atoms with E-state index in [0.717, 1.165) is 12.3 Å². The van der Waals surface area contributed by atoms with Gasteiger partial charge in [0.2, 0.25) is 0 Å². The van der Waals surface area contributed by atoms with Gasteiger partial charge < -0.3 is 10.2 Å². The Morgan fingerprint density at radius 3 is 2.88 bits per heavy atom. The Bertz CT molecular complexity index is 139. The Morgan fingerprint density at radius 2 is 2.62 bits per heavy atom. The molecule has 0 saturated carbocycles. The van der Waals surface area contributed by atoms with Crippen LogP contribution in [0.5, 0.6) is 0 Å². The van der Waals surface area contributed by atoms with Crippen LogP contribution in [0, 0.1) is 0 Å². The Labute approximate surface area is 48.0 Å². The van der Waals surface area contributed by atoms with E-state index < -0.39 is 0 Å². The van der Waals surface area contributed by atoms with Crippen LogP contribution in [0.3, 0.4) is 0 Å². The maximum atomic E-state index is 4.58. The van der Waals surface area contributed by atoms with Crippen LogP contribution < -0.4 is 0 Å². The summed E-state index contributed by atoms with van der Waals surface area (Å²) in [4.78, 5) is 4.58. The molecule has 3 nitrogen and oxygen atoms in total. The van der Waals surface area contributed by atoms with Crippen LogP contribution in [-0.2, 0) is 4.84 Å². The third kappa shape index (κ3) is 0.804. The van der Waals surface area contributed by atoms with Crippen LogP contribution >= 0.6 is 0 Å². The van der Waals surface area contributed by atoms with Gasteiger partial charge in [-0.05, 0) is 12.3 Å². The zero-order chi connectivity index (χ0) is 5.98. The molecule has 0 radical (unpaired) electrons. The van der Waals surface area contributed by atoms with Gasteiger partial charge in [-0.2, -0.15) is 0 Å². The van der Waals surface area contributed by atoms with Crippen molar-refractivity contribution in [3.05, 3.63) is 17.8 Å². The van der Waals surface area contributed by atoms with E-state index in [2.05, 4.69) is 21.9 Å². The quantitative estimate of drug-likeness (QED) is 0.506. The van der Waals surface area contributed by atoms with Crippen LogP contribution in [0.25, 0.3) is 5.32 Å². The van der Waals surface area contributed by atoms with Gasteiger partial charge in [-0.25, -0.2) is 0 Å². The number of hydrogen-bond acceptors (Lipinski definition) is 2. The molecule has 0 aromatic heterocycles. The molecule has 0 aliphatic carbocycles. The second-order valence-electron chi connectivity index (χ2n) is 1.46. The number of rotatable bonds is 1. The summed E-state index contributed by atoms with van der Waals surface area (Å²) in [6, 6.07) is 0. The Kier molecular flexibility index (Phi) is 1.20. The van der Waals surface area contributed by atoms with E-state index in [4.69, 9.17) is 0 Å². The minimum absolute atomic E-state index is 0.391. The molecule has 1 heterocycles. The average Bonchev–Trinajstić information content (AvgIpc) is 2.14. The van der Waals surface area contributed by atoms with Crippen LogP contribution in [-0.4, -0.2) is 5.84 Å². The van der Waals surface area contributed by atoms with Gasteiger partial charge in [0.25, 0.3) is 0 Å². The second kappa shape index (κ2) is 1.86. The molecule has 8 heavy (non-hydrogen) atoms. The highest BCUT2D eigenvalue weighted by molar-refractivity contribution is 5.97. The van der Waals surface area contributed by atoms with Crippen LogP contribution in [0.2, 0.25) is 0 Å². The molecule has 0 amide bonds. The van der Waals surface area contributed by atoms with E-state index in [0.29, 0.717) is 5.88 Å². The zero-order valence-corrected chi connectivity index (χ0v) is 4.72. The summed E-state index contributed by atoms with van der Waals surface area (Å²) in [6.07, 6.45) is 0.805. The molecule has 3 heteroatoms. The molecule has 0 fully saturated rings. The van der Waals surface area contributed by atoms with Gasteiger partial charge in [-0.15, -0.1) is 0 Å². The first-order chi connectivity index (χ1) is 3.83. The van der Waals surface area contributed by atoms with E-state index in [1.54, 1.807) is 0 Å². The van der Waals surface area contributed by atoms with Gasteiger partial charge in [0.05, 0.1) is 0 Å². The summed E-state index contributed by atoms with van der Waals surface area (Å²) < 4.78 is 0. The maximum Gasteiger partial charge on any atom is 0.114 e. The molecule has 1 aliphatic rings. The second-order valence-corrected chi connectivity index (χ2v) is 1.46. The fourth-order valence-electron chi connectivity index (χ4n) is 0.434. The molecule has 0 atom stereocenters. The normalized spacial score (nSPS) is 17.1. The third-order valence-electron chi connectivity index (χ3n) is 0.826. The first-order valence-electron chi connectivity index (χ1n) is 2.47. The molecule has 0 saturated heterocycles. The molecule has 0 unspecified atom stereocenters. The monoisotopic (exact) mass is 111 g/mol. The number of oxime groups is 1. The molecule has 0 spiro atoms. The van der Waals surface area contributed by atoms with Gasteiger partial charge in [-0.1, -0.05) is 13.5 Å². The van der Waals surface area contributed by atoms with Crippen molar-refractivity contribution in [3.8, 4) is 0 Å². The molecule has 0 aromatic rings. The average molecular weight is 111 g/mol. The van der Waals surface area contributed by atoms with E-state index in [1.807, 2.05) is 6.92 Å². The molecule has 1 rings (SSSR count). The van der Waals surface area contributed by atoms with E-state index in [1.165, 1.54) is 0 Å². The van der Waals surface area contributed by atoms with Crippen LogP contribution in [0.1, 0.15) is 13.3 Å². The highest BCUT2D eigenvalue weighted by Crippen LogP contribution is 2.15. The van der Waals surface area contributed by atoms with Crippen molar-refractivity contribution in [2.75, 3.05) is 0 Å². The SMILES string of the molecule is C=C1[N-]C(CC)=NO1. The first kappa shape index (κ1) is 5.15. The summed E-state index contributed by atoms with van der Waals surface area (Å²) >= 11 is 0. The lowest BCUT2D eigenvalue weighted by atomic mass is 10.4. The third-order valence-corrected chi connectivity index (χ3v) is 0.826. The van der Waals surface area contributed by atoms with Crippen molar-refractivity contribution in [3.63, 3.8) is 0 Å². The van der Waals surface area contributed by atoms with Crippen molar-refractivity contribution in [1.29, 1.82) is 0 Å².